The maximum Gasteiger partial charge on any atom is 0.349 e. The maximum atomic E-state index is 12.0. The average molecular weight is 555 g/mol. The molecule has 0 aromatic heterocycles. The van der Waals surface area contributed by atoms with Crippen LogP contribution in [0.25, 0.3) is 0 Å². The zero-order valence-corrected chi connectivity index (χ0v) is 22.3. The number of hydrogen-bond donors (Lipinski definition) is 4. The summed E-state index contributed by atoms with van der Waals surface area (Å²) in [6.07, 6.45) is -1.67. The van der Waals surface area contributed by atoms with Crippen molar-refractivity contribution in [3.63, 3.8) is 0 Å². The van der Waals surface area contributed by atoms with Crippen LogP contribution in [0.3, 0.4) is 0 Å². The molecule has 40 heavy (non-hydrogen) atoms. The number of carbonyl (C=O) groups is 4. The van der Waals surface area contributed by atoms with Gasteiger partial charge in [0.25, 0.3) is 0 Å². The summed E-state index contributed by atoms with van der Waals surface area (Å²) in [6, 6.07) is 19.0. The molecule has 12 nitrogen and oxygen atoms in total. The molecular weight excluding hydrogens is 520 g/mol. The average Bonchev–Trinajstić information content (AvgIpc) is 2.96. The first-order chi connectivity index (χ1) is 19.0. The van der Waals surface area contributed by atoms with Crippen LogP contribution in [0, 0.1) is 22.7 Å². The van der Waals surface area contributed by atoms with Crippen molar-refractivity contribution in [3.05, 3.63) is 71.8 Å². The van der Waals surface area contributed by atoms with Gasteiger partial charge >= 0.3 is 23.9 Å². The first-order valence-corrected chi connectivity index (χ1v) is 12.2. The van der Waals surface area contributed by atoms with Crippen LogP contribution in [0.1, 0.15) is 60.2 Å². The predicted octanol–water partition coefficient (Wildman–Crippen LogP) is 2.88. The molecule has 6 N–H and O–H groups in total. The standard InChI is InChI=1S/C18H14O8.2C5H10N2/c19-15(20)13(25-17(23)11-7-3-1-4-8-11)14(16(21)22)26-18(24)12-9-5-2-6-10-12;2*1-2-5(7)3-4-6/h1-10,13-14H,(H,19,20)(H,21,22);2*5H,2-3,7H2,1H3/t13-,14-;;/m1../s1. The van der Waals surface area contributed by atoms with E-state index in [1.54, 1.807) is 12.1 Å². The number of esters is 2. The van der Waals surface area contributed by atoms with Crippen LogP contribution in [0.2, 0.25) is 0 Å². The van der Waals surface area contributed by atoms with Crippen LogP contribution in [0.4, 0.5) is 0 Å². The Bertz CT molecular complexity index is 1050. The quantitative estimate of drug-likeness (QED) is 0.294. The Kier molecular flexibility index (Phi) is 17.8. The van der Waals surface area contributed by atoms with E-state index in [9.17, 15) is 29.4 Å². The van der Waals surface area contributed by atoms with Gasteiger partial charge in [0.1, 0.15) is 0 Å². The molecular formula is C28H34N4O8. The third kappa shape index (κ3) is 14.2. The molecule has 0 aliphatic rings. The molecule has 4 atom stereocenters. The number of aliphatic carboxylic acids is 2. The predicted molar refractivity (Wildman–Crippen MR) is 144 cm³/mol. The molecule has 0 amide bonds. The highest BCUT2D eigenvalue weighted by molar-refractivity contribution is 5.95. The van der Waals surface area contributed by atoms with Gasteiger partial charge in [0, 0.05) is 12.1 Å². The smallest absolute Gasteiger partial charge is 0.349 e. The highest BCUT2D eigenvalue weighted by Gasteiger charge is 2.41. The second-order valence-electron chi connectivity index (χ2n) is 8.12. The zero-order chi connectivity index (χ0) is 30.5. The van der Waals surface area contributed by atoms with Gasteiger partial charge in [-0.05, 0) is 37.1 Å². The molecule has 0 saturated heterocycles. The van der Waals surface area contributed by atoms with Gasteiger partial charge in [-0.2, -0.15) is 10.5 Å². The summed E-state index contributed by atoms with van der Waals surface area (Å²) in [5.74, 6) is -5.63. The molecule has 0 aliphatic heterocycles. The number of hydrogen-bond acceptors (Lipinski definition) is 10. The lowest BCUT2D eigenvalue weighted by Gasteiger charge is -2.21. The van der Waals surface area contributed by atoms with Gasteiger partial charge in [-0.1, -0.05) is 50.2 Å². The van der Waals surface area contributed by atoms with Gasteiger partial charge in [0.15, 0.2) is 0 Å². The summed E-state index contributed by atoms with van der Waals surface area (Å²) in [7, 11) is 0. The van der Waals surface area contributed by atoms with E-state index in [-0.39, 0.29) is 23.2 Å². The Morgan fingerprint density at radius 1 is 0.700 bits per heavy atom. The Hall–Kier alpha value is -4.78. The highest BCUT2D eigenvalue weighted by Crippen LogP contribution is 2.13. The van der Waals surface area contributed by atoms with Gasteiger partial charge in [-0.15, -0.1) is 0 Å². The molecule has 0 saturated carbocycles. The third-order valence-electron chi connectivity index (χ3n) is 5.00. The molecule has 0 fully saturated rings. The molecule has 2 aromatic carbocycles. The molecule has 0 aliphatic carbocycles. The number of nitriles is 2. The number of nitrogens with two attached hydrogens (primary N) is 2. The van der Waals surface area contributed by atoms with Crippen molar-refractivity contribution in [3.8, 4) is 12.1 Å². The molecule has 214 valence electrons. The van der Waals surface area contributed by atoms with Crippen molar-refractivity contribution < 1.29 is 38.9 Å². The van der Waals surface area contributed by atoms with Crippen LogP contribution in [-0.4, -0.2) is 58.4 Å². The van der Waals surface area contributed by atoms with Crippen LogP contribution in [0.5, 0.6) is 0 Å². The molecule has 2 rings (SSSR count). The summed E-state index contributed by atoms with van der Waals surface area (Å²) < 4.78 is 9.52. The normalized spacial score (nSPS) is 12.6. The van der Waals surface area contributed by atoms with Crippen molar-refractivity contribution in [2.75, 3.05) is 0 Å². The van der Waals surface area contributed by atoms with Gasteiger partial charge in [0.05, 0.1) is 36.1 Å². The van der Waals surface area contributed by atoms with E-state index in [1.807, 2.05) is 26.0 Å². The Morgan fingerprint density at radius 3 is 1.20 bits per heavy atom. The summed E-state index contributed by atoms with van der Waals surface area (Å²) in [5, 5.41) is 34.6. The van der Waals surface area contributed by atoms with Crippen molar-refractivity contribution in [2.24, 2.45) is 11.5 Å². The summed E-state index contributed by atoms with van der Waals surface area (Å²) in [6.45, 7) is 3.95. The minimum absolute atomic E-state index is 0.0253. The number of carboxylic acid groups (broad SMARTS) is 2. The topological polar surface area (TPSA) is 227 Å². The Balaban J connectivity index is 0.000000894. The van der Waals surface area contributed by atoms with Gasteiger partial charge < -0.3 is 31.2 Å². The third-order valence-corrected chi connectivity index (χ3v) is 5.00. The minimum atomic E-state index is -2.21. The van der Waals surface area contributed by atoms with Crippen LogP contribution in [-0.2, 0) is 19.1 Å². The minimum Gasteiger partial charge on any atom is -0.478 e. The SMILES string of the molecule is CCC(N)CC#N.CCC(N)CC#N.O=C(O[C@@H](C(=O)O)[C@@H](OC(=O)c1ccccc1)C(=O)O)c1ccccc1. The van der Waals surface area contributed by atoms with E-state index in [1.165, 1.54) is 48.5 Å². The van der Waals surface area contributed by atoms with Crippen LogP contribution < -0.4 is 11.5 Å². The monoisotopic (exact) mass is 554 g/mol. The Labute approximate surface area is 232 Å². The fourth-order valence-electron chi connectivity index (χ4n) is 2.52. The highest BCUT2D eigenvalue weighted by atomic mass is 16.6. The van der Waals surface area contributed by atoms with E-state index in [0.29, 0.717) is 12.8 Å². The summed E-state index contributed by atoms with van der Waals surface area (Å²) in [4.78, 5) is 46.8. The number of benzene rings is 2. The molecule has 0 spiro atoms. The van der Waals surface area contributed by atoms with Gasteiger partial charge in [-0.25, -0.2) is 19.2 Å². The van der Waals surface area contributed by atoms with Crippen molar-refractivity contribution in [1.29, 1.82) is 10.5 Å². The number of nitrogens with zero attached hydrogens (tertiary/aromatic N) is 2. The second-order valence-corrected chi connectivity index (χ2v) is 8.12. The first kappa shape index (κ1) is 35.2. The first-order valence-electron chi connectivity index (χ1n) is 12.2. The molecule has 2 aromatic rings. The van der Waals surface area contributed by atoms with Crippen molar-refractivity contribution in [1.82, 2.24) is 0 Å². The summed E-state index contributed by atoms with van der Waals surface area (Å²) >= 11 is 0. The lowest BCUT2D eigenvalue weighted by Crippen LogP contribution is -2.45. The van der Waals surface area contributed by atoms with E-state index in [4.69, 9.17) is 31.5 Å². The number of carboxylic acids is 2. The second kappa shape index (κ2) is 20.2. The molecule has 12 heteroatoms. The molecule has 0 radical (unpaired) electrons. The fraction of sp³-hybridized carbons (Fsp3) is 0.357. The molecule has 2 unspecified atom stereocenters. The van der Waals surface area contributed by atoms with E-state index >= 15 is 0 Å². The van der Waals surface area contributed by atoms with E-state index in [0.717, 1.165) is 12.8 Å². The van der Waals surface area contributed by atoms with Gasteiger partial charge in [-0.3, -0.25) is 0 Å². The fourth-order valence-corrected chi connectivity index (χ4v) is 2.52. The largest absolute Gasteiger partial charge is 0.478 e. The number of ether oxygens (including phenoxy) is 2. The molecule has 0 bridgehead atoms. The maximum absolute atomic E-state index is 12.0. The van der Waals surface area contributed by atoms with E-state index < -0.39 is 36.1 Å². The van der Waals surface area contributed by atoms with E-state index in [2.05, 4.69) is 0 Å². The van der Waals surface area contributed by atoms with Crippen LogP contribution >= 0.6 is 0 Å². The molecule has 0 heterocycles. The van der Waals surface area contributed by atoms with Crippen LogP contribution in [0.15, 0.2) is 60.7 Å². The lowest BCUT2D eigenvalue weighted by atomic mass is 10.1. The van der Waals surface area contributed by atoms with Gasteiger partial charge in [0.2, 0.25) is 12.2 Å². The summed E-state index contributed by atoms with van der Waals surface area (Å²) in [5.41, 5.74) is 10.8. The van der Waals surface area contributed by atoms with Crippen molar-refractivity contribution >= 4 is 23.9 Å². The zero-order valence-electron chi connectivity index (χ0n) is 22.3. The van der Waals surface area contributed by atoms with Crippen molar-refractivity contribution in [2.45, 2.75) is 63.8 Å². The number of rotatable bonds is 11. The lowest BCUT2D eigenvalue weighted by molar-refractivity contribution is -0.166. The number of carbonyl (C=O) groups excluding carboxylic acids is 2. The Morgan fingerprint density at radius 2 is 1.00 bits per heavy atom.